The van der Waals surface area contributed by atoms with Crippen molar-refractivity contribution in [2.24, 2.45) is 0 Å². The predicted octanol–water partition coefficient (Wildman–Crippen LogP) is 2.08. The molecule has 0 aliphatic carbocycles. The maximum Gasteiger partial charge on any atom is 0.178 e. The van der Waals surface area contributed by atoms with Crippen molar-refractivity contribution in [2.75, 3.05) is 12.4 Å². The van der Waals surface area contributed by atoms with E-state index < -0.39 is 0 Å². The lowest BCUT2D eigenvalue weighted by Crippen LogP contribution is -2.07. The van der Waals surface area contributed by atoms with Gasteiger partial charge in [0.05, 0.1) is 42.9 Å². The summed E-state index contributed by atoms with van der Waals surface area (Å²) in [6.45, 7) is 0.426. The molecule has 138 valence electrons. The van der Waals surface area contributed by atoms with E-state index in [-0.39, 0.29) is 0 Å². The van der Waals surface area contributed by atoms with E-state index >= 15 is 0 Å². The Kier molecular flexibility index (Phi) is 3.79. The molecule has 0 saturated heterocycles. The molecule has 0 aliphatic heterocycles. The third-order valence-electron chi connectivity index (χ3n) is 4.35. The fourth-order valence-corrected chi connectivity index (χ4v) is 2.93. The summed E-state index contributed by atoms with van der Waals surface area (Å²) in [5, 5.41) is 23.2. The van der Waals surface area contributed by atoms with Crippen molar-refractivity contribution < 1.29 is 4.74 Å². The standard InChI is InChI=1S/C18H15N9O/c1-28-12-6-15-18(21-9-12)14(4-5-19-15)20-10-17-25-24-16-3-2-13(26-27(16)17)11-7-22-23-8-11/h2-9H,10H2,1H3,(H,19,20)(H,22,23). The van der Waals surface area contributed by atoms with E-state index in [2.05, 4.69) is 40.8 Å². The highest BCUT2D eigenvalue weighted by atomic mass is 16.5. The van der Waals surface area contributed by atoms with Gasteiger partial charge in [-0.15, -0.1) is 10.2 Å². The van der Waals surface area contributed by atoms with E-state index in [0.717, 1.165) is 28.0 Å². The van der Waals surface area contributed by atoms with Gasteiger partial charge in [0.15, 0.2) is 11.5 Å². The number of nitrogens with one attached hydrogen (secondary N) is 2. The molecule has 0 bridgehead atoms. The highest BCUT2D eigenvalue weighted by molar-refractivity contribution is 5.87. The summed E-state index contributed by atoms with van der Waals surface area (Å²) in [5.74, 6) is 1.34. The lowest BCUT2D eigenvalue weighted by molar-refractivity contribution is 0.413. The van der Waals surface area contributed by atoms with Gasteiger partial charge in [-0.2, -0.15) is 14.7 Å². The van der Waals surface area contributed by atoms with Gasteiger partial charge in [-0.25, -0.2) is 4.98 Å². The number of hydrogen-bond acceptors (Lipinski definition) is 8. The molecule has 0 aromatic carbocycles. The van der Waals surface area contributed by atoms with E-state index in [1.807, 2.05) is 24.3 Å². The van der Waals surface area contributed by atoms with Crippen LogP contribution in [0.25, 0.3) is 27.9 Å². The van der Waals surface area contributed by atoms with Crippen LogP contribution in [0.15, 0.2) is 49.1 Å². The molecule has 0 amide bonds. The smallest absolute Gasteiger partial charge is 0.178 e. The number of anilines is 1. The van der Waals surface area contributed by atoms with Crippen LogP contribution >= 0.6 is 0 Å². The number of hydrogen-bond donors (Lipinski definition) is 2. The second kappa shape index (κ2) is 6.58. The van der Waals surface area contributed by atoms with Crippen molar-refractivity contribution in [1.82, 2.24) is 40.0 Å². The Labute approximate surface area is 158 Å². The minimum Gasteiger partial charge on any atom is -0.495 e. The number of aromatic nitrogens is 8. The number of methoxy groups -OCH3 is 1. The zero-order valence-electron chi connectivity index (χ0n) is 14.9. The first-order chi connectivity index (χ1) is 13.8. The third kappa shape index (κ3) is 2.76. The number of rotatable bonds is 5. The van der Waals surface area contributed by atoms with Crippen molar-refractivity contribution in [2.45, 2.75) is 6.54 Å². The van der Waals surface area contributed by atoms with E-state index in [0.29, 0.717) is 23.8 Å². The van der Waals surface area contributed by atoms with Gasteiger partial charge in [0.25, 0.3) is 0 Å². The van der Waals surface area contributed by atoms with E-state index in [1.165, 1.54) is 0 Å². The minimum atomic E-state index is 0.426. The van der Waals surface area contributed by atoms with Crippen molar-refractivity contribution >= 4 is 22.4 Å². The normalized spacial score (nSPS) is 11.2. The first-order valence-corrected chi connectivity index (χ1v) is 8.55. The van der Waals surface area contributed by atoms with Crippen LogP contribution < -0.4 is 10.1 Å². The Morgan fingerprint density at radius 2 is 2.11 bits per heavy atom. The quantitative estimate of drug-likeness (QED) is 0.481. The van der Waals surface area contributed by atoms with Crippen molar-refractivity contribution in [1.29, 1.82) is 0 Å². The Morgan fingerprint density at radius 3 is 2.96 bits per heavy atom. The molecule has 0 saturated carbocycles. The van der Waals surface area contributed by atoms with Crippen LogP contribution in [0.1, 0.15) is 5.82 Å². The molecule has 0 aliphatic rings. The van der Waals surface area contributed by atoms with Crippen molar-refractivity contribution in [3.05, 3.63) is 54.9 Å². The lowest BCUT2D eigenvalue weighted by atomic mass is 10.2. The summed E-state index contributed by atoms with van der Waals surface area (Å²) >= 11 is 0. The van der Waals surface area contributed by atoms with Crippen LogP contribution in [-0.2, 0) is 6.54 Å². The molecule has 5 aromatic heterocycles. The second-order valence-electron chi connectivity index (χ2n) is 6.05. The summed E-state index contributed by atoms with van der Waals surface area (Å²) in [6.07, 6.45) is 6.91. The zero-order valence-corrected chi connectivity index (χ0v) is 14.9. The maximum atomic E-state index is 5.21. The summed E-state index contributed by atoms with van der Waals surface area (Å²) in [6, 6.07) is 7.48. The van der Waals surface area contributed by atoms with Crippen LogP contribution in [0.2, 0.25) is 0 Å². The molecule has 2 N–H and O–H groups in total. The van der Waals surface area contributed by atoms with E-state index in [4.69, 9.17) is 4.74 Å². The average Bonchev–Trinajstić information content (AvgIpc) is 3.41. The highest BCUT2D eigenvalue weighted by Crippen LogP contribution is 2.23. The maximum absolute atomic E-state index is 5.21. The minimum absolute atomic E-state index is 0.426. The van der Waals surface area contributed by atoms with Crippen molar-refractivity contribution in [3.8, 4) is 17.0 Å². The monoisotopic (exact) mass is 373 g/mol. The van der Waals surface area contributed by atoms with Gasteiger partial charge >= 0.3 is 0 Å². The predicted molar refractivity (Wildman–Crippen MR) is 102 cm³/mol. The number of aromatic amines is 1. The Balaban J connectivity index is 1.46. The molecule has 0 fully saturated rings. The van der Waals surface area contributed by atoms with Gasteiger partial charge in [-0.05, 0) is 18.2 Å². The molecule has 10 nitrogen and oxygen atoms in total. The Hall–Kier alpha value is -4.08. The largest absolute Gasteiger partial charge is 0.495 e. The summed E-state index contributed by atoms with van der Waals surface area (Å²) in [5.41, 5.74) is 4.69. The SMILES string of the molecule is COc1cnc2c(NCc3nnc4ccc(-c5cn[nH]c5)nn34)ccnc2c1. The molecule has 5 heterocycles. The van der Waals surface area contributed by atoms with Crippen LogP contribution in [-0.4, -0.2) is 47.1 Å². The first-order valence-electron chi connectivity index (χ1n) is 8.55. The highest BCUT2D eigenvalue weighted by Gasteiger charge is 2.11. The average molecular weight is 373 g/mol. The lowest BCUT2D eigenvalue weighted by Gasteiger charge is -2.08. The molecular formula is C18H15N9O. The zero-order chi connectivity index (χ0) is 18.9. The molecule has 5 rings (SSSR count). The van der Waals surface area contributed by atoms with Gasteiger partial charge in [-0.1, -0.05) is 0 Å². The van der Waals surface area contributed by atoms with Crippen LogP contribution in [0.5, 0.6) is 5.75 Å². The molecule has 0 unspecified atom stereocenters. The van der Waals surface area contributed by atoms with Crippen LogP contribution in [0.3, 0.4) is 0 Å². The fourth-order valence-electron chi connectivity index (χ4n) is 2.93. The Bertz CT molecular complexity index is 1260. The number of ether oxygens (including phenoxy) is 1. The summed E-state index contributed by atoms with van der Waals surface area (Å²) in [4.78, 5) is 8.79. The van der Waals surface area contributed by atoms with Crippen LogP contribution in [0, 0.1) is 0 Å². The summed E-state index contributed by atoms with van der Waals surface area (Å²) < 4.78 is 6.93. The van der Waals surface area contributed by atoms with E-state index in [9.17, 15) is 0 Å². The fraction of sp³-hybridized carbons (Fsp3) is 0.111. The number of nitrogens with zero attached hydrogens (tertiary/aromatic N) is 7. The first kappa shape index (κ1) is 16.1. The van der Waals surface area contributed by atoms with Crippen molar-refractivity contribution in [3.63, 3.8) is 0 Å². The van der Waals surface area contributed by atoms with Gasteiger partial charge < -0.3 is 10.1 Å². The van der Waals surface area contributed by atoms with Crippen LogP contribution in [0.4, 0.5) is 5.69 Å². The molecule has 0 atom stereocenters. The molecule has 5 aromatic rings. The molecular weight excluding hydrogens is 358 g/mol. The second-order valence-corrected chi connectivity index (χ2v) is 6.05. The molecule has 0 spiro atoms. The molecule has 0 radical (unpaired) electrons. The number of H-pyrrole nitrogens is 1. The van der Waals surface area contributed by atoms with Gasteiger partial charge in [0.2, 0.25) is 0 Å². The van der Waals surface area contributed by atoms with Gasteiger partial charge in [-0.3, -0.25) is 10.1 Å². The van der Waals surface area contributed by atoms with Gasteiger partial charge in [0.1, 0.15) is 11.3 Å². The van der Waals surface area contributed by atoms with Gasteiger partial charge in [0, 0.05) is 24.0 Å². The third-order valence-corrected chi connectivity index (χ3v) is 4.35. The van der Waals surface area contributed by atoms with E-state index in [1.54, 1.807) is 36.4 Å². The number of pyridine rings is 2. The molecule has 10 heteroatoms. The topological polar surface area (TPSA) is 119 Å². The Morgan fingerprint density at radius 1 is 1.14 bits per heavy atom. The molecule has 28 heavy (non-hydrogen) atoms. The summed E-state index contributed by atoms with van der Waals surface area (Å²) in [7, 11) is 1.60. The number of fused-ring (bicyclic) bond motifs is 2.